The molecule has 1 N–H and O–H groups in total. The van der Waals surface area contributed by atoms with E-state index in [1.807, 2.05) is 42.6 Å². The molecular formula is C21H27N3O2. The molecule has 3 rings (SSSR count). The van der Waals surface area contributed by atoms with Crippen LogP contribution in [0.3, 0.4) is 0 Å². The Morgan fingerprint density at radius 1 is 1.19 bits per heavy atom. The van der Waals surface area contributed by atoms with Gasteiger partial charge in [0.15, 0.2) is 0 Å². The third-order valence-electron chi connectivity index (χ3n) is 4.91. The number of likely N-dealkylation sites (tertiary alicyclic amines) is 1. The van der Waals surface area contributed by atoms with E-state index < -0.39 is 0 Å². The van der Waals surface area contributed by atoms with Gasteiger partial charge in [0.05, 0.1) is 12.7 Å². The van der Waals surface area contributed by atoms with Crippen LogP contribution in [-0.4, -0.2) is 48.6 Å². The number of nitrogens with zero attached hydrogens (tertiary/aromatic N) is 2. The number of pyridine rings is 1. The fraction of sp³-hybridized carbons (Fsp3) is 0.429. The molecule has 26 heavy (non-hydrogen) atoms. The van der Waals surface area contributed by atoms with Crippen molar-refractivity contribution in [2.45, 2.75) is 31.8 Å². The summed E-state index contributed by atoms with van der Waals surface area (Å²) in [6.45, 7) is 4.11. The zero-order chi connectivity index (χ0) is 18.2. The quantitative estimate of drug-likeness (QED) is 0.776. The number of rotatable bonds is 7. The summed E-state index contributed by atoms with van der Waals surface area (Å²) in [6, 6.07) is 14.4. The lowest BCUT2D eigenvalue weighted by Crippen LogP contribution is -2.42. The zero-order valence-electron chi connectivity index (χ0n) is 15.4. The molecule has 0 unspecified atom stereocenters. The van der Waals surface area contributed by atoms with Crippen LogP contribution in [0.25, 0.3) is 0 Å². The Bertz CT molecular complexity index is 680. The van der Waals surface area contributed by atoms with Gasteiger partial charge in [-0.1, -0.05) is 18.2 Å². The maximum atomic E-state index is 11.5. The van der Waals surface area contributed by atoms with Crippen LogP contribution in [-0.2, 0) is 17.7 Å². The summed E-state index contributed by atoms with van der Waals surface area (Å²) in [4.78, 5) is 18.3. The second kappa shape index (κ2) is 9.46. The summed E-state index contributed by atoms with van der Waals surface area (Å²) in [7, 11) is 1.41. The number of carbonyl (C=O) groups excluding carboxylic acids is 1. The van der Waals surface area contributed by atoms with Gasteiger partial charge in [0.1, 0.15) is 0 Å². The van der Waals surface area contributed by atoms with E-state index in [9.17, 15) is 4.79 Å². The third-order valence-corrected chi connectivity index (χ3v) is 4.91. The molecular weight excluding hydrogens is 326 g/mol. The first-order chi connectivity index (χ1) is 12.7. The Morgan fingerprint density at radius 3 is 2.62 bits per heavy atom. The van der Waals surface area contributed by atoms with Crippen molar-refractivity contribution in [3.63, 3.8) is 0 Å². The van der Waals surface area contributed by atoms with E-state index in [-0.39, 0.29) is 5.97 Å². The molecule has 1 aromatic heterocycles. The van der Waals surface area contributed by atoms with Gasteiger partial charge in [-0.15, -0.1) is 0 Å². The van der Waals surface area contributed by atoms with Gasteiger partial charge in [0.2, 0.25) is 0 Å². The predicted octanol–water partition coefficient (Wildman–Crippen LogP) is 2.66. The van der Waals surface area contributed by atoms with Gasteiger partial charge in [0, 0.05) is 37.4 Å². The number of methoxy groups -OCH3 is 1. The van der Waals surface area contributed by atoms with Crippen molar-refractivity contribution >= 4 is 5.97 Å². The first-order valence-corrected chi connectivity index (χ1v) is 9.27. The van der Waals surface area contributed by atoms with Crippen molar-refractivity contribution in [3.8, 4) is 0 Å². The largest absolute Gasteiger partial charge is 0.465 e. The van der Waals surface area contributed by atoms with Gasteiger partial charge in [-0.05, 0) is 55.8 Å². The molecule has 138 valence electrons. The normalized spacial score (nSPS) is 15.7. The standard InChI is InChI=1S/C21H27N3O2/c1-26-21(25)18-7-5-17(6-8-18)16-24-14-10-20(11-15-24)23-13-9-19-4-2-3-12-22-19/h2-8,12,20,23H,9-11,13-16H2,1H3. The van der Waals surface area contributed by atoms with Crippen LogP contribution in [0.2, 0.25) is 0 Å². The molecule has 0 atom stereocenters. The predicted molar refractivity (Wildman–Crippen MR) is 102 cm³/mol. The van der Waals surface area contributed by atoms with Gasteiger partial charge >= 0.3 is 5.97 Å². The zero-order valence-corrected chi connectivity index (χ0v) is 15.4. The molecule has 0 saturated carbocycles. The summed E-state index contributed by atoms with van der Waals surface area (Å²) in [5.74, 6) is -0.283. The maximum absolute atomic E-state index is 11.5. The number of piperidine rings is 1. The van der Waals surface area contributed by atoms with Gasteiger partial charge in [0.25, 0.3) is 0 Å². The van der Waals surface area contributed by atoms with E-state index in [2.05, 4.69) is 21.3 Å². The van der Waals surface area contributed by atoms with Crippen LogP contribution in [0, 0.1) is 0 Å². The fourth-order valence-electron chi connectivity index (χ4n) is 3.37. The summed E-state index contributed by atoms with van der Waals surface area (Å²) >= 11 is 0. The van der Waals surface area contributed by atoms with Gasteiger partial charge in [-0.3, -0.25) is 9.88 Å². The second-order valence-electron chi connectivity index (χ2n) is 6.76. The number of hydrogen-bond acceptors (Lipinski definition) is 5. The van der Waals surface area contributed by atoms with Crippen molar-refractivity contribution < 1.29 is 9.53 Å². The van der Waals surface area contributed by atoms with Gasteiger partial charge in [-0.25, -0.2) is 4.79 Å². The lowest BCUT2D eigenvalue weighted by molar-refractivity contribution is 0.0600. The third kappa shape index (κ3) is 5.38. The van der Waals surface area contributed by atoms with Gasteiger partial charge in [-0.2, -0.15) is 0 Å². The number of ether oxygens (including phenoxy) is 1. The topological polar surface area (TPSA) is 54.5 Å². The lowest BCUT2D eigenvalue weighted by Gasteiger charge is -2.32. The first kappa shape index (κ1) is 18.5. The molecule has 1 fully saturated rings. The Hall–Kier alpha value is -2.24. The molecule has 1 aliphatic heterocycles. The highest BCUT2D eigenvalue weighted by molar-refractivity contribution is 5.89. The highest BCUT2D eigenvalue weighted by Crippen LogP contribution is 2.15. The molecule has 1 saturated heterocycles. The molecule has 0 aliphatic carbocycles. The van der Waals surface area contributed by atoms with Crippen LogP contribution in [0.5, 0.6) is 0 Å². The number of hydrogen-bond donors (Lipinski definition) is 1. The van der Waals surface area contributed by atoms with Crippen LogP contribution in [0.15, 0.2) is 48.7 Å². The smallest absolute Gasteiger partial charge is 0.337 e. The average Bonchev–Trinajstić information content (AvgIpc) is 2.70. The van der Waals surface area contributed by atoms with Crippen LogP contribution >= 0.6 is 0 Å². The minimum atomic E-state index is -0.283. The fourth-order valence-corrected chi connectivity index (χ4v) is 3.37. The number of carbonyl (C=O) groups is 1. The minimum Gasteiger partial charge on any atom is -0.465 e. The highest BCUT2D eigenvalue weighted by atomic mass is 16.5. The minimum absolute atomic E-state index is 0.283. The van der Waals surface area contributed by atoms with Crippen LogP contribution in [0.1, 0.15) is 34.5 Å². The monoisotopic (exact) mass is 353 g/mol. The van der Waals surface area contributed by atoms with E-state index in [0.29, 0.717) is 11.6 Å². The van der Waals surface area contributed by atoms with Crippen molar-refractivity contribution in [2.24, 2.45) is 0 Å². The second-order valence-corrected chi connectivity index (χ2v) is 6.76. The molecule has 0 radical (unpaired) electrons. The van der Waals surface area contributed by atoms with E-state index in [1.165, 1.54) is 25.5 Å². The Labute approximate surface area is 155 Å². The number of esters is 1. The van der Waals surface area contributed by atoms with E-state index in [1.54, 1.807) is 0 Å². The summed E-state index contributed by atoms with van der Waals surface area (Å²) < 4.78 is 4.74. The number of aromatic nitrogens is 1. The molecule has 0 spiro atoms. The molecule has 2 heterocycles. The molecule has 0 bridgehead atoms. The van der Waals surface area contributed by atoms with E-state index in [4.69, 9.17) is 4.74 Å². The Balaban J connectivity index is 1.37. The van der Waals surface area contributed by atoms with Crippen LogP contribution < -0.4 is 5.32 Å². The maximum Gasteiger partial charge on any atom is 0.337 e. The molecule has 1 aromatic carbocycles. The van der Waals surface area contributed by atoms with Crippen molar-refractivity contribution in [1.29, 1.82) is 0 Å². The summed E-state index contributed by atoms with van der Waals surface area (Å²) in [5.41, 5.74) is 2.99. The average molecular weight is 353 g/mol. The lowest BCUT2D eigenvalue weighted by atomic mass is 10.0. The van der Waals surface area contributed by atoms with Crippen molar-refractivity contribution in [1.82, 2.24) is 15.2 Å². The Morgan fingerprint density at radius 2 is 1.96 bits per heavy atom. The Kier molecular flexibility index (Phi) is 6.75. The molecule has 5 nitrogen and oxygen atoms in total. The summed E-state index contributed by atoms with van der Waals surface area (Å²) in [5, 5.41) is 3.66. The first-order valence-electron chi connectivity index (χ1n) is 9.27. The van der Waals surface area contributed by atoms with Gasteiger partial charge < -0.3 is 10.1 Å². The number of benzene rings is 1. The van der Waals surface area contributed by atoms with Crippen molar-refractivity contribution in [3.05, 3.63) is 65.5 Å². The number of nitrogens with one attached hydrogen (secondary N) is 1. The van der Waals surface area contributed by atoms with Crippen molar-refractivity contribution in [2.75, 3.05) is 26.7 Å². The van der Waals surface area contributed by atoms with E-state index >= 15 is 0 Å². The molecule has 5 heteroatoms. The van der Waals surface area contributed by atoms with Crippen LogP contribution in [0.4, 0.5) is 0 Å². The highest BCUT2D eigenvalue weighted by Gasteiger charge is 2.18. The molecule has 2 aromatic rings. The molecule has 1 aliphatic rings. The molecule has 0 amide bonds. The summed E-state index contributed by atoms with van der Waals surface area (Å²) in [6.07, 6.45) is 5.17. The SMILES string of the molecule is COC(=O)c1ccc(CN2CCC(NCCc3ccccn3)CC2)cc1. The van der Waals surface area contributed by atoms with E-state index in [0.717, 1.165) is 38.3 Å².